The van der Waals surface area contributed by atoms with E-state index in [1.54, 1.807) is 25.2 Å². The van der Waals surface area contributed by atoms with E-state index in [1.165, 1.54) is 28.6 Å². The molecular weight excluding hydrogens is 372 g/mol. The van der Waals surface area contributed by atoms with E-state index in [0.717, 1.165) is 18.4 Å². The number of nitrogens with zero attached hydrogens (tertiary/aromatic N) is 1. The van der Waals surface area contributed by atoms with Gasteiger partial charge < -0.3 is 5.32 Å². The zero-order valence-electron chi connectivity index (χ0n) is 15.1. The number of carbonyl (C=O) groups is 1. The lowest BCUT2D eigenvalue weighted by molar-refractivity contribution is 0.102. The number of anilines is 1. The summed E-state index contributed by atoms with van der Waals surface area (Å²) in [6.45, 7) is 4.30. The van der Waals surface area contributed by atoms with E-state index < -0.39 is 10.0 Å². The van der Waals surface area contributed by atoms with Gasteiger partial charge >= 0.3 is 0 Å². The van der Waals surface area contributed by atoms with Gasteiger partial charge in [0.2, 0.25) is 10.0 Å². The minimum absolute atomic E-state index is 0.173. The smallest absolute Gasteiger partial charge is 0.255 e. The van der Waals surface area contributed by atoms with Crippen LogP contribution in [-0.4, -0.2) is 32.2 Å². The highest BCUT2D eigenvalue weighted by molar-refractivity contribution is 7.89. The fourth-order valence-corrected chi connectivity index (χ4v) is 3.78. The topological polar surface area (TPSA) is 66.5 Å². The van der Waals surface area contributed by atoms with E-state index in [-0.39, 0.29) is 10.8 Å². The molecule has 0 saturated carbocycles. The third kappa shape index (κ3) is 4.63. The Bertz CT molecular complexity index is 880. The minimum atomic E-state index is -3.54. The highest BCUT2D eigenvalue weighted by Gasteiger charge is 2.20. The number of carbonyl (C=O) groups excluding carboxylic acids is 1. The zero-order chi connectivity index (χ0) is 19.3. The molecule has 26 heavy (non-hydrogen) atoms. The maximum absolute atomic E-state index is 12.5. The summed E-state index contributed by atoms with van der Waals surface area (Å²) in [5.74, 6) is -0.321. The summed E-state index contributed by atoms with van der Waals surface area (Å²) in [5.41, 5.74) is 1.78. The normalized spacial score (nSPS) is 11.6. The lowest BCUT2D eigenvalue weighted by Crippen LogP contribution is -2.28. The lowest BCUT2D eigenvalue weighted by atomic mass is 10.1. The van der Waals surface area contributed by atoms with Gasteiger partial charge in [-0.05, 0) is 55.3 Å². The molecular formula is C19H23ClN2O3S. The lowest BCUT2D eigenvalue weighted by Gasteiger charge is -2.17. The molecule has 1 amide bonds. The van der Waals surface area contributed by atoms with E-state index in [2.05, 4.69) is 5.32 Å². The van der Waals surface area contributed by atoms with E-state index in [0.29, 0.717) is 22.8 Å². The van der Waals surface area contributed by atoms with Crippen LogP contribution in [0, 0.1) is 6.92 Å². The number of hydrogen-bond acceptors (Lipinski definition) is 3. The number of halogens is 1. The van der Waals surface area contributed by atoms with Crippen LogP contribution in [0.3, 0.4) is 0 Å². The second-order valence-corrected chi connectivity index (χ2v) is 8.52. The first-order valence-electron chi connectivity index (χ1n) is 8.40. The minimum Gasteiger partial charge on any atom is -0.322 e. The van der Waals surface area contributed by atoms with Crippen molar-refractivity contribution in [3.05, 3.63) is 58.6 Å². The Morgan fingerprint density at radius 3 is 2.42 bits per heavy atom. The second-order valence-electron chi connectivity index (χ2n) is 6.07. The SMILES string of the molecule is CCCCN(C)S(=O)(=O)c1ccc(C(=O)Nc2cccc(Cl)c2C)cc1. The molecule has 7 heteroatoms. The molecule has 0 unspecified atom stereocenters. The molecule has 0 atom stereocenters. The molecule has 2 rings (SSSR count). The Morgan fingerprint density at radius 2 is 1.81 bits per heavy atom. The van der Waals surface area contributed by atoms with E-state index >= 15 is 0 Å². The Hall–Kier alpha value is -1.89. The number of hydrogen-bond donors (Lipinski definition) is 1. The van der Waals surface area contributed by atoms with Gasteiger partial charge in [0.05, 0.1) is 4.90 Å². The maximum atomic E-state index is 12.5. The van der Waals surface area contributed by atoms with E-state index in [1.807, 2.05) is 13.8 Å². The van der Waals surface area contributed by atoms with Crippen LogP contribution in [0.2, 0.25) is 5.02 Å². The third-order valence-electron chi connectivity index (χ3n) is 4.17. The molecule has 0 aliphatic rings. The van der Waals surface area contributed by atoms with Gasteiger partial charge in [0.15, 0.2) is 0 Å². The molecule has 0 bridgehead atoms. The Labute approximate surface area is 160 Å². The first-order chi connectivity index (χ1) is 12.3. The molecule has 0 heterocycles. The molecule has 0 fully saturated rings. The first-order valence-corrected chi connectivity index (χ1v) is 10.2. The number of sulfonamides is 1. The highest BCUT2D eigenvalue weighted by Crippen LogP contribution is 2.24. The van der Waals surface area contributed by atoms with Gasteiger partial charge in [-0.3, -0.25) is 4.79 Å². The molecule has 0 aliphatic carbocycles. The van der Waals surface area contributed by atoms with Crippen LogP contribution < -0.4 is 5.32 Å². The summed E-state index contributed by atoms with van der Waals surface area (Å²) >= 11 is 6.06. The number of benzene rings is 2. The van der Waals surface area contributed by atoms with Crippen LogP contribution in [0.1, 0.15) is 35.7 Å². The van der Waals surface area contributed by atoms with Crippen LogP contribution in [-0.2, 0) is 10.0 Å². The molecule has 2 aromatic rings. The molecule has 1 N–H and O–H groups in total. The van der Waals surface area contributed by atoms with Crippen LogP contribution in [0.5, 0.6) is 0 Å². The summed E-state index contributed by atoms with van der Waals surface area (Å²) in [6.07, 6.45) is 1.72. The molecule has 0 saturated heterocycles. The number of nitrogens with one attached hydrogen (secondary N) is 1. The molecule has 0 radical (unpaired) electrons. The van der Waals surface area contributed by atoms with Crippen molar-refractivity contribution < 1.29 is 13.2 Å². The highest BCUT2D eigenvalue weighted by atomic mass is 35.5. The summed E-state index contributed by atoms with van der Waals surface area (Å²) in [5, 5.41) is 3.36. The van der Waals surface area contributed by atoms with Crippen LogP contribution in [0.15, 0.2) is 47.4 Å². The van der Waals surface area contributed by atoms with Crippen molar-refractivity contribution in [1.82, 2.24) is 4.31 Å². The predicted molar refractivity (Wildman–Crippen MR) is 105 cm³/mol. The van der Waals surface area contributed by atoms with Crippen LogP contribution in [0.4, 0.5) is 5.69 Å². The summed E-state index contributed by atoms with van der Waals surface area (Å²) in [4.78, 5) is 12.6. The maximum Gasteiger partial charge on any atom is 0.255 e. The third-order valence-corrected chi connectivity index (χ3v) is 6.45. The number of rotatable bonds is 7. The van der Waals surface area contributed by atoms with Crippen molar-refractivity contribution in [2.45, 2.75) is 31.6 Å². The van der Waals surface area contributed by atoms with Gasteiger partial charge in [-0.2, -0.15) is 0 Å². The van der Waals surface area contributed by atoms with Crippen molar-refractivity contribution in [2.75, 3.05) is 18.9 Å². The van der Waals surface area contributed by atoms with E-state index in [9.17, 15) is 13.2 Å². The average Bonchev–Trinajstić information content (AvgIpc) is 2.63. The molecule has 0 aliphatic heterocycles. The van der Waals surface area contributed by atoms with Gasteiger partial charge in [0, 0.05) is 29.9 Å². The fraction of sp³-hybridized carbons (Fsp3) is 0.316. The standard InChI is InChI=1S/C19H23ClN2O3S/c1-4-5-13-22(3)26(24,25)16-11-9-15(10-12-16)19(23)21-18-8-6-7-17(20)14(18)2/h6-12H,4-5,13H2,1-3H3,(H,21,23). The van der Waals surface area contributed by atoms with Gasteiger partial charge in [-0.15, -0.1) is 0 Å². The first kappa shape index (κ1) is 20.4. The average molecular weight is 395 g/mol. The monoisotopic (exact) mass is 394 g/mol. The van der Waals surface area contributed by atoms with Crippen molar-refractivity contribution in [3.8, 4) is 0 Å². The van der Waals surface area contributed by atoms with Gasteiger partial charge in [0.1, 0.15) is 0 Å². The van der Waals surface area contributed by atoms with Gasteiger partial charge in [-0.25, -0.2) is 12.7 Å². The van der Waals surface area contributed by atoms with Crippen molar-refractivity contribution >= 4 is 33.2 Å². The van der Waals surface area contributed by atoms with Gasteiger partial charge in [0.25, 0.3) is 5.91 Å². The largest absolute Gasteiger partial charge is 0.322 e. The second kappa shape index (κ2) is 8.66. The molecule has 0 spiro atoms. The summed E-state index contributed by atoms with van der Waals surface area (Å²) in [7, 11) is -1.98. The molecule has 140 valence electrons. The Morgan fingerprint density at radius 1 is 1.15 bits per heavy atom. The Kier molecular flexibility index (Phi) is 6.81. The number of amides is 1. The quantitative estimate of drug-likeness (QED) is 0.760. The molecule has 5 nitrogen and oxygen atoms in total. The van der Waals surface area contributed by atoms with Crippen molar-refractivity contribution in [1.29, 1.82) is 0 Å². The van der Waals surface area contributed by atoms with Crippen LogP contribution >= 0.6 is 11.6 Å². The molecule has 0 aromatic heterocycles. The summed E-state index contributed by atoms with van der Waals surface area (Å²) < 4.78 is 26.3. The fourth-order valence-electron chi connectivity index (χ4n) is 2.40. The Balaban J connectivity index is 2.16. The van der Waals surface area contributed by atoms with Crippen LogP contribution in [0.25, 0.3) is 0 Å². The van der Waals surface area contributed by atoms with Crippen molar-refractivity contribution in [3.63, 3.8) is 0 Å². The van der Waals surface area contributed by atoms with Gasteiger partial charge in [-0.1, -0.05) is 31.0 Å². The van der Waals surface area contributed by atoms with Crippen molar-refractivity contribution in [2.24, 2.45) is 0 Å². The predicted octanol–water partition coefficient (Wildman–Crippen LogP) is 4.32. The molecule has 2 aromatic carbocycles. The van der Waals surface area contributed by atoms with E-state index in [4.69, 9.17) is 11.6 Å². The summed E-state index contributed by atoms with van der Waals surface area (Å²) in [6, 6.07) is 11.2. The zero-order valence-corrected chi connectivity index (χ0v) is 16.7. The number of unbranched alkanes of at least 4 members (excludes halogenated alkanes) is 1.